The Morgan fingerprint density at radius 2 is 1.79 bits per heavy atom. The molecule has 12 heteroatoms. The van der Waals surface area contributed by atoms with Crippen molar-refractivity contribution in [1.29, 1.82) is 0 Å². The van der Waals surface area contributed by atoms with Gasteiger partial charge in [0.1, 0.15) is 17.2 Å². The van der Waals surface area contributed by atoms with Crippen LogP contribution in [-0.4, -0.2) is 76.1 Å². The van der Waals surface area contributed by atoms with Crippen LogP contribution in [0.5, 0.6) is 0 Å². The minimum atomic E-state index is -2.78. The number of para-hydroxylation sites is 2. The molecule has 1 N–H and O–H groups in total. The third-order valence-corrected chi connectivity index (χ3v) is 7.71. The number of morpholine rings is 1. The number of anilines is 2. The predicted octanol–water partition coefficient (Wildman–Crippen LogP) is 5.89. The number of rotatable bonds is 8. The molecule has 43 heavy (non-hydrogen) atoms. The number of nitrogens with one attached hydrogen (secondary N) is 1. The number of benzene rings is 1. The second-order valence-corrected chi connectivity index (χ2v) is 12.8. The van der Waals surface area contributed by atoms with Crippen molar-refractivity contribution in [3.63, 3.8) is 0 Å². The average molecular weight is 600 g/mol. The number of hydrogen-bond acceptors (Lipinski definition) is 8. The fourth-order valence-electron chi connectivity index (χ4n) is 5.84. The summed E-state index contributed by atoms with van der Waals surface area (Å²) in [5.74, 6) is 1.53. The van der Waals surface area contributed by atoms with Gasteiger partial charge in [-0.3, -0.25) is 4.57 Å². The second kappa shape index (κ2) is 13.0. The number of hydrogen-bond donors (Lipinski definition) is 1. The molecule has 0 unspecified atom stereocenters. The van der Waals surface area contributed by atoms with Crippen LogP contribution in [0.2, 0.25) is 0 Å². The first-order valence-electron chi connectivity index (χ1n) is 15.2. The van der Waals surface area contributed by atoms with Crippen LogP contribution in [0.3, 0.4) is 0 Å². The van der Waals surface area contributed by atoms with Crippen molar-refractivity contribution in [2.24, 2.45) is 5.92 Å². The van der Waals surface area contributed by atoms with Gasteiger partial charge in [0.25, 0.3) is 6.43 Å². The van der Waals surface area contributed by atoms with Crippen LogP contribution >= 0.6 is 0 Å². The Hall–Kier alpha value is -3.54. The van der Waals surface area contributed by atoms with E-state index in [4.69, 9.17) is 19.4 Å². The van der Waals surface area contributed by atoms with Gasteiger partial charge in [0.15, 0.2) is 5.82 Å². The molecule has 0 spiro atoms. The van der Waals surface area contributed by atoms with Crippen LogP contribution in [0.15, 0.2) is 30.3 Å². The summed E-state index contributed by atoms with van der Waals surface area (Å²) in [6, 6.07) is 9.13. The highest BCUT2D eigenvalue weighted by Crippen LogP contribution is 2.33. The topological polar surface area (TPSA) is 97.6 Å². The summed E-state index contributed by atoms with van der Waals surface area (Å²) in [6.45, 7) is 12.9. The van der Waals surface area contributed by atoms with E-state index >= 15 is 0 Å². The largest absolute Gasteiger partial charge is 0.444 e. The molecule has 1 amide bonds. The molecule has 0 radical (unpaired) electrons. The van der Waals surface area contributed by atoms with E-state index in [1.165, 1.54) is 4.57 Å². The quantitative estimate of drug-likeness (QED) is 0.343. The number of ether oxygens (including phenoxy) is 2. The zero-order valence-corrected chi connectivity index (χ0v) is 25.7. The average Bonchev–Trinajstić information content (AvgIpc) is 3.36. The van der Waals surface area contributed by atoms with Crippen molar-refractivity contribution >= 4 is 28.9 Å². The van der Waals surface area contributed by atoms with Gasteiger partial charge in [0.05, 0.1) is 24.2 Å². The molecule has 234 valence electrons. The van der Waals surface area contributed by atoms with Gasteiger partial charge >= 0.3 is 6.09 Å². The molecule has 1 saturated carbocycles. The minimum Gasteiger partial charge on any atom is -0.444 e. The molecule has 0 atom stereocenters. The van der Waals surface area contributed by atoms with E-state index in [0.717, 1.165) is 32.2 Å². The fourth-order valence-corrected chi connectivity index (χ4v) is 5.84. The van der Waals surface area contributed by atoms with Crippen LogP contribution in [0.25, 0.3) is 16.9 Å². The van der Waals surface area contributed by atoms with Crippen molar-refractivity contribution in [3.8, 4) is 5.82 Å². The smallest absolute Gasteiger partial charge is 0.407 e. The molecule has 2 aromatic heterocycles. The van der Waals surface area contributed by atoms with Crippen LogP contribution in [0.4, 0.5) is 25.3 Å². The number of nitrogens with zero attached hydrogens (tertiary/aromatic N) is 6. The molecular formula is C31H43F2N7O3. The Morgan fingerprint density at radius 1 is 1.09 bits per heavy atom. The molecule has 3 aromatic rings. The van der Waals surface area contributed by atoms with Crippen LogP contribution in [-0.2, 0) is 9.47 Å². The molecule has 5 rings (SSSR count). The molecule has 1 saturated heterocycles. The molecule has 1 aromatic carbocycles. The van der Waals surface area contributed by atoms with E-state index in [9.17, 15) is 13.6 Å². The summed E-state index contributed by atoms with van der Waals surface area (Å²) < 4.78 is 41.2. The Morgan fingerprint density at radius 3 is 2.44 bits per heavy atom. The maximum Gasteiger partial charge on any atom is 0.407 e. The second-order valence-electron chi connectivity index (χ2n) is 12.8. The number of carbonyl (C=O) groups excluding carboxylic acids is 1. The first kappa shape index (κ1) is 30.9. The number of carbonyl (C=O) groups is 1. The molecular weight excluding hydrogens is 556 g/mol. The summed E-state index contributed by atoms with van der Waals surface area (Å²) in [4.78, 5) is 30.8. The first-order chi connectivity index (χ1) is 20.5. The van der Waals surface area contributed by atoms with Gasteiger partial charge in [-0.25, -0.2) is 18.6 Å². The highest BCUT2D eigenvalue weighted by molar-refractivity contribution is 5.78. The number of fused-ring (bicyclic) bond motifs is 1. The third kappa shape index (κ3) is 7.52. The molecule has 10 nitrogen and oxygen atoms in total. The Bertz CT molecular complexity index is 1390. The fraction of sp³-hybridized carbons (Fsp3) is 0.613. The summed E-state index contributed by atoms with van der Waals surface area (Å²) in [7, 11) is 0. The zero-order valence-electron chi connectivity index (χ0n) is 25.7. The lowest BCUT2D eigenvalue weighted by Crippen LogP contribution is -2.46. The highest BCUT2D eigenvalue weighted by Gasteiger charge is 2.31. The minimum absolute atomic E-state index is 0.0304. The lowest BCUT2D eigenvalue weighted by atomic mass is 9.89. The highest BCUT2D eigenvalue weighted by atomic mass is 19.3. The lowest BCUT2D eigenvalue weighted by molar-refractivity contribution is 0.0491. The molecule has 2 fully saturated rings. The maximum atomic E-state index is 14.3. The van der Waals surface area contributed by atoms with Crippen molar-refractivity contribution < 1.29 is 23.0 Å². The molecule has 1 aliphatic heterocycles. The summed E-state index contributed by atoms with van der Waals surface area (Å²) >= 11 is 0. The Kier molecular flexibility index (Phi) is 9.33. The van der Waals surface area contributed by atoms with Crippen molar-refractivity contribution in [1.82, 2.24) is 24.8 Å². The lowest BCUT2D eigenvalue weighted by Gasteiger charge is -2.39. The van der Waals surface area contributed by atoms with E-state index in [-0.39, 0.29) is 17.9 Å². The van der Waals surface area contributed by atoms with Gasteiger partial charge in [-0.05, 0) is 64.5 Å². The number of halogens is 2. The van der Waals surface area contributed by atoms with Gasteiger partial charge < -0.3 is 24.6 Å². The maximum absolute atomic E-state index is 14.3. The van der Waals surface area contributed by atoms with E-state index in [1.54, 1.807) is 18.2 Å². The summed E-state index contributed by atoms with van der Waals surface area (Å²) in [5.41, 5.74) is 0.503. The molecule has 1 aliphatic carbocycles. The molecule has 2 aliphatic rings. The normalized spacial score (nSPS) is 19.7. The van der Waals surface area contributed by atoms with Crippen molar-refractivity contribution in [2.75, 3.05) is 42.6 Å². The van der Waals surface area contributed by atoms with Gasteiger partial charge in [-0.1, -0.05) is 26.0 Å². The zero-order chi connectivity index (χ0) is 30.7. The van der Waals surface area contributed by atoms with Gasteiger partial charge in [-0.15, -0.1) is 0 Å². The van der Waals surface area contributed by atoms with Crippen molar-refractivity contribution in [3.05, 3.63) is 36.2 Å². The Balaban J connectivity index is 1.50. The van der Waals surface area contributed by atoms with Gasteiger partial charge in [0, 0.05) is 37.8 Å². The molecule has 3 heterocycles. The van der Waals surface area contributed by atoms with E-state index in [2.05, 4.69) is 29.0 Å². The monoisotopic (exact) mass is 599 g/mol. The standard InChI is InChI=1S/C31H43F2N7O3/c1-20(2)19-39(22-12-10-21(11-13-22)34-30(41)43-31(3,4)5)25-18-26(37-29(36-25)38-14-16-42-17-15-38)40-24-9-7-6-8-23(24)35-28(40)27(32)33/h6-9,18,20-22,27H,10-17,19H2,1-5H3,(H,34,41). The molecule has 0 bridgehead atoms. The number of aromatic nitrogens is 4. The van der Waals surface area contributed by atoms with Gasteiger partial charge in [0.2, 0.25) is 5.95 Å². The SMILES string of the molecule is CC(C)CN(c1cc(-n2c(C(F)F)nc3ccccc32)nc(N2CCOCC2)n1)C1CCC(NC(=O)OC(C)(C)C)CC1. The van der Waals surface area contributed by atoms with Crippen LogP contribution in [0, 0.1) is 5.92 Å². The summed E-state index contributed by atoms with van der Waals surface area (Å²) in [6.07, 6.45) is 0.110. The van der Waals surface area contributed by atoms with Crippen molar-refractivity contribution in [2.45, 2.75) is 84.4 Å². The van der Waals surface area contributed by atoms with Crippen LogP contribution < -0.4 is 15.1 Å². The number of alkyl halides is 2. The Labute approximate surface area is 251 Å². The number of alkyl carbamates (subject to hydrolysis) is 1. The number of amides is 1. The predicted molar refractivity (Wildman–Crippen MR) is 162 cm³/mol. The number of imidazole rings is 1. The van der Waals surface area contributed by atoms with Gasteiger partial charge in [-0.2, -0.15) is 9.97 Å². The first-order valence-corrected chi connectivity index (χ1v) is 15.2. The van der Waals surface area contributed by atoms with E-state index < -0.39 is 18.1 Å². The van der Waals surface area contributed by atoms with E-state index in [0.29, 0.717) is 60.8 Å². The van der Waals surface area contributed by atoms with Crippen LogP contribution in [0.1, 0.15) is 72.6 Å². The van der Waals surface area contributed by atoms with E-state index in [1.807, 2.05) is 37.8 Å². The third-order valence-electron chi connectivity index (χ3n) is 7.71. The summed E-state index contributed by atoms with van der Waals surface area (Å²) in [5, 5.41) is 3.02.